The van der Waals surface area contributed by atoms with E-state index in [0.29, 0.717) is 12.0 Å². The van der Waals surface area contributed by atoms with E-state index in [-0.39, 0.29) is 0 Å². The highest BCUT2D eigenvalue weighted by molar-refractivity contribution is 5.55. The van der Waals surface area contributed by atoms with Crippen molar-refractivity contribution in [3.8, 4) is 0 Å². The molecule has 2 saturated heterocycles. The van der Waals surface area contributed by atoms with Crippen molar-refractivity contribution in [2.75, 3.05) is 48.3 Å². The maximum absolute atomic E-state index is 5.94. The molecule has 2 fully saturated rings. The van der Waals surface area contributed by atoms with E-state index in [1.807, 2.05) is 0 Å². The predicted molar refractivity (Wildman–Crippen MR) is 96.0 cm³/mol. The van der Waals surface area contributed by atoms with Gasteiger partial charge in [-0.3, -0.25) is 4.90 Å². The molecule has 2 aliphatic heterocycles. The van der Waals surface area contributed by atoms with Crippen molar-refractivity contribution in [1.82, 2.24) is 14.9 Å². The van der Waals surface area contributed by atoms with Crippen LogP contribution in [0.1, 0.15) is 40.0 Å². The Kier molecular flexibility index (Phi) is 4.90. The molecule has 1 atom stereocenters. The highest BCUT2D eigenvalue weighted by atomic mass is 15.4. The summed E-state index contributed by atoms with van der Waals surface area (Å²) in [5.74, 6) is 2.28. The first-order chi connectivity index (χ1) is 11.1. The van der Waals surface area contributed by atoms with Crippen molar-refractivity contribution in [1.29, 1.82) is 0 Å². The lowest BCUT2D eigenvalue weighted by atomic mass is 9.97. The molecule has 2 aliphatic rings. The van der Waals surface area contributed by atoms with Gasteiger partial charge >= 0.3 is 0 Å². The third-order valence-electron chi connectivity index (χ3n) is 5.31. The molecule has 23 heavy (non-hydrogen) atoms. The van der Waals surface area contributed by atoms with Crippen LogP contribution in [0.3, 0.4) is 0 Å². The molecule has 0 radical (unpaired) electrons. The number of piperidine rings is 1. The molecule has 128 valence electrons. The molecule has 2 N–H and O–H groups in total. The fraction of sp³-hybridized carbons (Fsp3) is 0.765. The first-order valence-corrected chi connectivity index (χ1v) is 9.02. The third-order valence-corrected chi connectivity index (χ3v) is 5.31. The minimum atomic E-state index is 0.374. The number of anilines is 3. The standard InChI is InChI=1S/C17H30N6/c1-4-21(5-2)15-10-16(20-17(18)19-15)22-11-14(12-22)23-9-7-6-8-13(23)3/h10,13-14H,4-9,11-12H2,1-3H3,(H2,18,19,20)/t13-/m1/s1. The first kappa shape index (κ1) is 16.3. The Labute approximate surface area is 139 Å². The van der Waals surface area contributed by atoms with Gasteiger partial charge in [0, 0.05) is 44.3 Å². The van der Waals surface area contributed by atoms with Gasteiger partial charge in [-0.15, -0.1) is 0 Å². The van der Waals surface area contributed by atoms with Gasteiger partial charge in [0.15, 0.2) is 0 Å². The second-order valence-electron chi connectivity index (χ2n) is 6.76. The number of nitrogens with zero attached hydrogens (tertiary/aromatic N) is 5. The quantitative estimate of drug-likeness (QED) is 0.895. The van der Waals surface area contributed by atoms with Crippen molar-refractivity contribution in [2.24, 2.45) is 0 Å². The summed E-state index contributed by atoms with van der Waals surface area (Å²) in [7, 11) is 0. The molecule has 1 aromatic rings. The van der Waals surface area contributed by atoms with Crippen molar-refractivity contribution in [2.45, 2.75) is 52.1 Å². The van der Waals surface area contributed by atoms with Crippen molar-refractivity contribution >= 4 is 17.6 Å². The Bertz CT molecular complexity index is 524. The topological polar surface area (TPSA) is 61.5 Å². The van der Waals surface area contributed by atoms with Crippen LogP contribution >= 0.6 is 0 Å². The summed E-state index contributed by atoms with van der Waals surface area (Å²) in [5.41, 5.74) is 5.94. The molecule has 0 amide bonds. The Hall–Kier alpha value is -1.56. The smallest absolute Gasteiger partial charge is 0.223 e. The number of aromatic nitrogens is 2. The average molecular weight is 318 g/mol. The maximum Gasteiger partial charge on any atom is 0.223 e. The number of nitrogen functional groups attached to an aromatic ring is 1. The number of rotatable bonds is 5. The van der Waals surface area contributed by atoms with Crippen LogP contribution in [0.15, 0.2) is 6.07 Å². The third kappa shape index (κ3) is 3.37. The fourth-order valence-electron chi connectivity index (χ4n) is 3.83. The molecule has 0 spiro atoms. The predicted octanol–water partition coefficient (Wildman–Crippen LogP) is 1.97. The second-order valence-corrected chi connectivity index (χ2v) is 6.76. The highest BCUT2D eigenvalue weighted by Crippen LogP contribution is 2.29. The van der Waals surface area contributed by atoms with E-state index in [2.05, 4.69) is 51.5 Å². The van der Waals surface area contributed by atoms with E-state index < -0.39 is 0 Å². The van der Waals surface area contributed by atoms with Gasteiger partial charge in [0.05, 0.1) is 0 Å². The molecule has 1 aromatic heterocycles. The van der Waals surface area contributed by atoms with Crippen LogP contribution in [-0.2, 0) is 0 Å². The maximum atomic E-state index is 5.94. The molecule has 0 unspecified atom stereocenters. The summed E-state index contributed by atoms with van der Waals surface area (Å²) in [6, 6.07) is 3.47. The van der Waals surface area contributed by atoms with E-state index in [9.17, 15) is 0 Å². The number of hydrogen-bond donors (Lipinski definition) is 1. The van der Waals surface area contributed by atoms with Crippen LogP contribution < -0.4 is 15.5 Å². The molecule has 6 nitrogen and oxygen atoms in total. The molecule has 6 heteroatoms. The van der Waals surface area contributed by atoms with E-state index in [0.717, 1.165) is 43.9 Å². The molecule has 0 bridgehead atoms. The van der Waals surface area contributed by atoms with Crippen LogP contribution in [0.25, 0.3) is 0 Å². The molecular weight excluding hydrogens is 288 g/mol. The van der Waals surface area contributed by atoms with E-state index in [4.69, 9.17) is 5.73 Å². The molecular formula is C17H30N6. The van der Waals surface area contributed by atoms with Gasteiger partial charge in [-0.1, -0.05) is 6.42 Å². The molecule has 3 heterocycles. The van der Waals surface area contributed by atoms with Gasteiger partial charge in [-0.05, 0) is 40.2 Å². The first-order valence-electron chi connectivity index (χ1n) is 9.02. The summed E-state index contributed by atoms with van der Waals surface area (Å²) in [6.07, 6.45) is 4.06. The molecule has 3 rings (SSSR count). The Morgan fingerprint density at radius 2 is 1.96 bits per heavy atom. The van der Waals surface area contributed by atoms with E-state index in [1.54, 1.807) is 0 Å². The van der Waals surface area contributed by atoms with Gasteiger partial charge in [-0.25, -0.2) is 0 Å². The van der Waals surface area contributed by atoms with Gasteiger partial charge in [0.1, 0.15) is 11.6 Å². The van der Waals surface area contributed by atoms with E-state index >= 15 is 0 Å². The second kappa shape index (κ2) is 6.91. The zero-order valence-electron chi connectivity index (χ0n) is 14.7. The van der Waals surface area contributed by atoms with Gasteiger partial charge in [0.25, 0.3) is 0 Å². The number of hydrogen-bond acceptors (Lipinski definition) is 6. The van der Waals surface area contributed by atoms with Crippen LogP contribution in [0.4, 0.5) is 17.6 Å². The van der Waals surface area contributed by atoms with Crippen molar-refractivity contribution < 1.29 is 0 Å². The Morgan fingerprint density at radius 1 is 1.22 bits per heavy atom. The summed E-state index contributed by atoms with van der Waals surface area (Å²) < 4.78 is 0. The largest absolute Gasteiger partial charge is 0.368 e. The lowest BCUT2D eigenvalue weighted by Crippen LogP contribution is -2.62. The van der Waals surface area contributed by atoms with Crippen LogP contribution in [-0.4, -0.2) is 59.7 Å². The van der Waals surface area contributed by atoms with Crippen LogP contribution in [0.2, 0.25) is 0 Å². The minimum Gasteiger partial charge on any atom is -0.368 e. The highest BCUT2D eigenvalue weighted by Gasteiger charge is 2.36. The van der Waals surface area contributed by atoms with Crippen molar-refractivity contribution in [3.05, 3.63) is 6.07 Å². The average Bonchev–Trinajstić information content (AvgIpc) is 2.48. The lowest BCUT2D eigenvalue weighted by Gasteiger charge is -2.49. The summed E-state index contributed by atoms with van der Waals surface area (Å²) in [6.45, 7) is 11.9. The van der Waals surface area contributed by atoms with Gasteiger partial charge in [0.2, 0.25) is 5.95 Å². The summed E-state index contributed by atoms with van der Waals surface area (Å²) in [5, 5.41) is 0. The Morgan fingerprint density at radius 3 is 2.61 bits per heavy atom. The molecule has 0 saturated carbocycles. The summed E-state index contributed by atoms with van der Waals surface area (Å²) >= 11 is 0. The van der Waals surface area contributed by atoms with E-state index in [1.165, 1.54) is 25.8 Å². The molecule has 0 aliphatic carbocycles. The van der Waals surface area contributed by atoms with Crippen molar-refractivity contribution in [3.63, 3.8) is 0 Å². The van der Waals surface area contributed by atoms with Crippen LogP contribution in [0.5, 0.6) is 0 Å². The zero-order valence-corrected chi connectivity index (χ0v) is 14.7. The number of nitrogens with two attached hydrogens (primary N) is 1. The Balaban J connectivity index is 1.67. The minimum absolute atomic E-state index is 0.374. The van der Waals surface area contributed by atoms with Gasteiger partial charge < -0.3 is 15.5 Å². The van der Waals surface area contributed by atoms with Gasteiger partial charge in [-0.2, -0.15) is 9.97 Å². The zero-order chi connectivity index (χ0) is 16.4. The number of likely N-dealkylation sites (tertiary alicyclic amines) is 1. The lowest BCUT2D eigenvalue weighted by molar-refractivity contribution is 0.0873. The SMILES string of the molecule is CCN(CC)c1cc(N2CC(N3CCCC[C@H]3C)C2)nc(N)n1. The monoisotopic (exact) mass is 318 g/mol. The normalized spacial score (nSPS) is 22.9. The summed E-state index contributed by atoms with van der Waals surface area (Å²) in [4.78, 5) is 16.1. The molecule has 0 aromatic carbocycles. The van der Waals surface area contributed by atoms with Crippen LogP contribution in [0, 0.1) is 0 Å². The fourth-order valence-corrected chi connectivity index (χ4v) is 3.83.